The lowest BCUT2D eigenvalue weighted by atomic mass is 10.2. The fourth-order valence-corrected chi connectivity index (χ4v) is 2.70. The maximum atomic E-state index is 12.8. The molecule has 10 nitrogen and oxygen atoms in total. The van der Waals surface area contributed by atoms with Crippen LogP contribution < -0.4 is 10.6 Å². The van der Waals surface area contributed by atoms with Gasteiger partial charge in [0.1, 0.15) is 17.4 Å². The van der Waals surface area contributed by atoms with Crippen LogP contribution in [0.3, 0.4) is 0 Å². The normalized spacial score (nSPS) is 14.6. The highest BCUT2D eigenvalue weighted by molar-refractivity contribution is 9.09. The summed E-state index contributed by atoms with van der Waals surface area (Å²) in [4.78, 5) is 40.6. The van der Waals surface area contributed by atoms with E-state index in [1.807, 2.05) is 0 Å². The maximum absolute atomic E-state index is 12.8. The average Bonchev–Trinajstić information content (AvgIpc) is 2.99. The number of oxazole rings is 1. The number of carbonyl (C=O) groups is 3. The maximum Gasteiger partial charge on any atom is 0.410 e. The summed E-state index contributed by atoms with van der Waals surface area (Å²) in [6.07, 6.45) is -0.823. The number of aromatic nitrogens is 1. The summed E-state index contributed by atoms with van der Waals surface area (Å²) in [7, 11) is 2.50. The van der Waals surface area contributed by atoms with Gasteiger partial charge in [0, 0.05) is 7.11 Å². The molecule has 1 heterocycles. The van der Waals surface area contributed by atoms with Crippen LogP contribution in [0.5, 0.6) is 0 Å². The number of amides is 2. The highest BCUT2D eigenvalue weighted by Crippen LogP contribution is 2.20. The van der Waals surface area contributed by atoms with Crippen LogP contribution in [0.2, 0.25) is 0 Å². The number of methoxy groups -OCH3 is 2. The zero-order valence-electron chi connectivity index (χ0n) is 17.0. The van der Waals surface area contributed by atoms with E-state index in [0.717, 1.165) is 0 Å². The van der Waals surface area contributed by atoms with Crippen LogP contribution in [0, 0.1) is 6.92 Å². The molecule has 11 heteroatoms. The molecule has 0 aliphatic heterocycles. The van der Waals surface area contributed by atoms with Gasteiger partial charge in [0.15, 0.2) is 5.69 Å². The van der Waals surface area contributed by atoms with E-state index in [4.69, 9.17) is 13.9 Å². The van der Waals surface area contributed by atoms with Crippen molar-refractivity contribution in [2.75, 3.05) is 19.5 Å². The van der Waals surface area contributed by atoms with E-state index in [9.17, 15) is 14.4 Å². The Morgan fingerprint density at radius 3 is 2.32 bits per heavy atom. The van der Waals surface area contributed by atoms with Gasteiger partial charge in [-0.2, -0.15) is 0 Å². The Hall–Kier alpha value is -2.14. The SMILES string of the molecule is COC(=O)c1nc([C@@H](C)NC(=O)C(CBr)(NC(=O)OC(C)(C)C)OC)oc1C. The van der Waals surface area contributed by atoms with Crippen LogP contribution in [-0.2, 0) is 19.0 Å². The number of nitrogens with one attached hydrogen (secondary N) is 2. The van der Waals surface area contributed by atoms with Crippen LogP contribution in [0.4, 0.5) is 4.79 Å². The molecule has 1 rings (SSSR count). The van der Waals surface area contributed by atoms with E-state index in [2.05, 4.69) is 36.3 Å². The zero-order valence-corrected chi connectivity index (χ0v) is 18.6. The number of ether oxygens (including phenoxy) is 3. The first-order valence-electron chi connectivity index (χ1n) is 8.38. The Morgan fingerprint density at radius 2 is 1.86 bits per heavy atom. The topological polar surface area (TPSA) is 129 Å². The van der Waals surface area contributed by atoms with E-state index in [1.54, 1.807) is 34.6 Å². The predicted octanol–water partition coefficient (Wildman–Crippen LogP) is 2.21. The molecule has 0 fully saturated rings. The first-order chi connectivity index (χ1) is 12.9. The molecule has 0 saturated carbocycles. The lowest BCUT2D eigenvalue weighted by Gasteiger charge is -2.32. The largest absolute Gasteiger partial charge is 0.464 e. The summed E-state index contributed by atoms with van der Waals surface area (Å²) in [5.74, 6) is -0.957. The average molecular weight is 464 g/mol. The number of alkyl carbamates (subject to hydrolysis) is 1. The monoisotopic (exact) mass is 463 g/mol. The Morgan fingerprint density at radius 1 is 1.25 bits per heavy atom. The number of carbonyl (C=O) groups excluding carboxylic acids is 3. The fraction of sp³-hybridized carbons (Fsp3) is 0.647. The van der Waals surface area contributed by atoms with Gasteiger partial charge in [-0.3, -0.25) is 10.1 Å². The smallest absolute Gasteiger partial charge is 0.410 e. The molecule has 1 aromatic rings. The minimum Gasteiger partial charge on any atom is -0.464 e. The highest BCUT2D eigenvalue weighted by Gasteiger charge is 2.42. The summed E-state index contributed by atoms with van der Waals surface area (Å²) in [6, 6.07) is -0.724. The van der Waals surface area contributed by atoms with Crippen molar-refractivity contribution in [2.24, 2.45) is 0 Å². The van der Waals surface area contributed by atoms with Crippen LogP contribution in [0.1, 0.15) is 55.9 Å². The van der Waals surface area contributed by atoms with Crippen molar-refractivity contribution in [3.8, 4) is 0 Å². The molecular weight excluding hydrogens is 438 g/mol. The van der Waals surface area contributed by atoms with Gasteiger partial charge in [0.25, 0.3) is 5.91 Å². The molecule has 2 N–H and O–H groups in total. The number of halogens is 1. The number of alkyl halides is 1. The Bertz CT molecular complexity index is 723. The molecule has 158 valence electrons. The third-order valence-electron chi connectivity index (χ3n) is 3.52. The molecule has 1 aromatic heterocycles. The van der Waals surface area contributed by atoms with E-state index in [0.29, 0.717) is 0 Å². The van der Waals surface area contributed by atoms with Gasteiger partial charge in [-0.05, 0) is 34.6 Å². The number of esters is 1. The second-order valence-electron chi connectivity index (χ2n) is 6.94. The van der Waals surface area contributed by atoms with E-state index >= 15 is 0 Å². The van der Waals surface area contributed by atoms with Crippen molar-refractivity contribution in [2.45, 2.75) is 52.0 Å². The number of hydrogen-bond donors (Lipinski definition) is 2. The lowest BCUT2D eigenvalue weighted by molar-refractivity contribution is -0.145. The second-order valence-corrected chi connectivity index (χ2v) is 7.50. The van der Waals surface area contributed by atoms with Crippen molar-refractivity contribution in [3.63, 3.8) is 0 Å². The Labute approximate surface area is 171 Å². The van der Waals surface area contributed by atoms with Crippen molar-refractivity contribution < 1.29 is 33.0 Å². The predicted molar refractivity (Wildman–Crippen MR) is 102 cm³/mol. The lowest BCUT2D eigenvalue weighted by Crippen LogP contribution is -2.62. The minimum atomic E-state index is -1.73. The van der Waals surface area contributed by atoms with Gasteiger partial charge in [-0.15, -0.1) is 0 Å². The molecule has 0 aliphatic carbocycles. The van der Waals surface area contributed by atoms with Crippen molar-refractivity contribution in [1.82, 2.24) is 15.6 Å². The van der Waals surface area contributed by atoms with E-state index in [1.165, 1.54) is 14.2 Å². The van der Waals surface area contributed by atoms with Gasteiger partial charge in [0.2, 0.25) is 11.6 Å². The molecule has 0 saturated heterocycles. The number of rotatable bonds is 7. The first-order valence-corrected chi connectivity index (χ1v) is 9.50. The molecule has 2 amide bonds. The summed E-state index contributed by atoms with van der Waals surface area (Å²) >= 11 is 3.18. The standard InChI is InChI=1S/C17H26BrN3O7/c1-9(12-20-11(10(2)27-12)13(22)25-6)19-14(23)17(8-18,26-7)21-15(24)28-16(3,4)5/h9H,8H2,1-7H3,(H,19,23)(H,21,24)/t9-,17?/m1/s1. The zero-order chi connectivity index (χ0) is 21.7. The molecule has 0 radical (unpaired) electrons. The van der Waals surface area contributed by atoms with Crippen molar-refractivity contribution >= 4 is 33.9 Å². The van der Waals surface area contributed by atoms with E-state index < -0.39 is 35.3 Å². The molecule has 0 aromatic carbocycles. The van der Waals surface area contributed by atoms with Crippen LogP contribution in [-0.4, -0.2) is 53.8 Å². The Kier molecular flexibility index (Phi) is 8.00. The van der Waals surface area contributed by atoms with Gasteiger partial charge in [-0.1, -0.05) is 15.9 Å². The summed E-state index contributed by atoms with van der Waals surface area (Å²) < 4.78 is 20.5. The second kappa shape index (κ2) is 9.37. The summed E-state index contributed by atoms with van der Waals surface area (Å²) in [5.41, 5.74) is -2.47. The molecule has 0 bridgehead atoms. The van der Waals surface area contributed by atoms with Crippen LogP contribution >= 0.6 is 15.9 Å². The van der Waals surface area contributed by atoms with Crippen molar-refractivity contribution in [3.05, 3.63) is 17.3 Å². The molecule has 0 aliphatic rings. The van der Waals surface area contributed by atoms with Crippen LogP contribution in [0.15, 0.2) is 4.42 Å². The van der Waals surface area contributed by atoms with Crippen LogP contribution in [0.25, 0.3) is 0 Å². The third kappa shape index (κ3) is 5.93. The van der Waals surface area contributed by atoms with E-state index in [-0.39, 0.29) is 22.7 Å². The highest BCUT2D eigenvalue weighted by atomic mass is 79.9. The third-order valence-corrected chi connectivity index (χ3v) is 4.31. The Balaban J connectivity index is 2.97. The summed E-state index contributed by atoms with van der Waals surface area (Å²) in [5, 5.41) is 5.00. The summed E-state index contributed by atoms with van der Waals surface area (Å²) in [6.45, 7) is 8.25. The molecule has 1 unspecified atom stereocenters. The molecule has 0 spiro atoms. The van der Waals surface area contributed by atoms with Gasteiger partial charge in [-0.25, -0.2) is 14.6 Å². The van der Waals surface area contributed by atoms with Crippen molar-refractivity contribution in [1.29, 1.82) is 0 Å². The fourth-order valence-electron chi connectivity index (χ4n) is 2.08. The number of nitrogens with zero attached hydrogens (tertiary/aromatic N) is 1. The quantitative estimate of drug-likeness (QED) is 0.357. The molecular formula is C17H26BrN3O7. The first kappa shape index (κ1) is 23.9. The number of aryl methyl sites for hydroxylation is 1. The minimum absolute atomic E-state index is 0.0176. The van der Waals surface area contributed by atoms with Gasteiger partial charge >= 0.3 is 12.1 Å². The molecule has 28 heavy (non-hydrogen) atoms. The van der Waals surface area contributed by atoms with Gasteiger partial charge in [0.05, 0.1) is 12.4 Å². The molecule has 2 atom stereocenters. The van der Waals surface area contributed by atoms with Gasteiger partial charge < -0.3 is 23.9 Å². The number of hydrogen-bond acceptors (Lipinski definition) is 8.